The van der Waals surface area contributed by atoms with Gasteiger partial charge in [0, 0.05) is 16.5 Å². The van der Waals surface area contributed by atoms with E-state index in [2.05, 4.69) is 9.97 Å². The lowest BCUT2D eigenvalue weighted by Crippen LogP contribution is -2.09. The second-order valence-electron chi connectivity index (χ2n) is 9.08. The first-order valence-corrected chi connectivity index (χ1v) is 12.8. The molecule has 1 aliphatic carbocycles. The highest BCUT2D eigenvalue weighted by molar-refractivity contribution is 7.15. The molecule has 37 heavy (non-hydrogen) atoms. The molecule has 7 nitrogen and oxygen atoms in total. The standard InChI is InChI=1S/C28H26FN3O4S/c1-16-6-9-24(37-16)28-27(22-11-25(35-2)30-14-23(22)29)31-13-19(32-28)15-36-20-5-3-4-18(10-20)21(12-26(33)34)17-7-8-17/h3-6,9-11,13-14,17,21H,7-8,12,15H2,1-2H3,(H,33,34)/t21-/m0/s1. The zero-order valence-electron chi connectivity index (χ0n) is 20.5. The summed E-state index contributed by atoms with van der Waals surface area (Å²) in [5.41, 5.74) is 2.76. The average Bonchev–Trinajstić information content (AvgIpc) is 3.65. The largest absolute Gasteiger partial charge is 0.487 e. The van der Waals surface area contributed by atoms with Gasteiger partial charge in [-0.05, 0) is 61.4 Å². The maximum Gasteiger partial charge on any atom is 0.303 e. The van der Waals surface area contributed by atoms with E-state index >= 15 is 0 Å². The number of halogens is 1. The molecule has 0 radical (unpaired) electrons. The molecule has 4 aromatic rings. The minimum absolute atomic E-state index is 0.0129. The van der Waals surface area contributed by atoms with Crippen LogP contribution in [0.25, 0.3) is 21.8 Å². The Balaban J connectivity index is 1.43. The molecule has 3 heterocycles. The third kappa shape index (κ3) is 5.77. The molecule has 0 aliphatic heterocycles. The number of thiophene rings is 1. The Bertz CT molecular complexity index is 1440. The second-order valence-corrected chi connectivity index (χ2v) is 10.4. The fraction of sp³-hybridized carbons (Fsp3) is 0.286. The number of nitrogens with zero attached hydrogens (tertiary/aromatic N) is 3. The van der Waals surface area contributed by atoms with Crippen LogP contribution in [0.15, 0.2) is 54.9 Å². The highest BCUT2D eigenvalue weighted by atomic mass is 32.1. The van der Waals surface area contributed by atoms with Crippen molar-refractivity contribution in [1.29, 1.82) is 0 Å². The van der Waals surface area contributed by atoms with Gasteiger partial charge in [-0.25, -0.2) is 14.4 Å². The lowest BCUT2D eigenvalue weighted by atomic mass is 9.91. The van der Waals surface area contributed by atoms with Gasteiger partial charge in [-0.1, -0.05) is 12.1 Å². The lowest BCUT2D eigenvalue weighted by Gasteiger charge is -2.16. The minimum atomic E-state index is -0.793. The fourth-order valence-corrected chi connectivity index (χ4v) is 5.23. The van der Waals surface area contributed by atoms with Crippen molar-refractivity contribution in [3.8, 4) is 33.5 Å². The zero-order chi connectivity index (χ0) is 25.9. The summed E-state index contributed by atoms with van der Waals surface area (Å²) in [6.45, 7) is 2.15. The minimum Gasteiger partial charge on any atom is -0.487 e. The summed E-state index contributed by atoms with van der Waals surface area (Å²) >= 11 is 1.55. The summed E-state index contributed by atoms with van der Waals surface area (Å²) in [5.74, 6) is 0.00840. The summed E-state index contributed by atoms with van der Waals surface area (Å²) in [5, 5.41) is 9.34. The number of aliphatic carboxylic acids is 1. The summed E-state index contributed by atoms with van der Waals surface area (Å²) in [4.78, 5) is 26.6. The highest BCUT2D eigenvalue weighted by Gasteiger charge is 2.33. The van der Waals surface area contributed by atoms with E-state index in [1.807, 2.05) is 43.3 Å². The first-order chi connectivity index (χ1) is 17.9. The first kappa shape index (κ1) is 24.8. The van der Waals surface area contributed by atoms with Gasteiger partial charge in [-0.15, -0.1) is 11.3 Å². The van der Waals surface area contributed by atoms with Crippen LogP contribution in [0.3, 0.4) is 0 Å². The molecule has 5 rings (SSSR count). The maximum atomic E-state index is 14.8. The van der Waals surface area contributed by atoms with Gasteiger partial charge >= 0.3 is 5.97 Å². The molecule has 1 fully saturated rings. The van der Waals surface area contributed by atoms with E-state index < -0.39 is 11.8 Å². The molecule has 1 aliphatic rings. The highest BCUT2D eigenvalue weighted by Crippen LogP contribution is 2.45. The number of aromatic nitrogens is 3. The molecule has 0 saturated heterocycles. The third-order valence-electron chi connectivity index (χ3n) is 6.35. The average molecular weight is 520 g/mol. The SMILES string of the molecule is COc1cc(-c2ncc(COc3cccc([C@@H](CC(=O)O)C4CC4)c3)nc2-c2ccc(C)s2)c(F)cn1. The predicted molar refractivity (Wildman–Crippen MR) is 138 cm³/mol. The van der Waals surface area contributed by atoms with Crippen molar-refractivity contribution < 1.29 is 23.8 Å². The van der Waals surface area contributed by atoms with Crippen molar-refractivity contribution in [3.05, 3.63) is 76.8 Å². The number of pyridine rings is 1. The number of benzene rings is 1. The Morgan fingerprint density at radius 2 is 2.00 bits per heavy atom. The summed E-state index contributed by atoms with van der Waals surface area (Å²) in [6.07, 6.45) is 4.91. The third-order valence-corrected chi connectivity index (χ3v) is 7.36. The number of hydrogen-bond donors (Lipinski definition) is 1. The van der Waals surface area contributed by atoms with E-state index in [0.29, 0.717) is 28.7 Å². The number of aryl methyl sites for hydroxylation is 1. The quantitative estimate of drug-likeness (QED) is 0.264. The van der Waals surface area contributed by atoms with Crippen molar-refractivity contribution in [2.75, 3.05) is 7.11 Å². The van der Waals surface area contributed by atoms with E-state index in [4.69, 9.17) is 14.5 Å². The topological polar surface area (TPSA) is 94.4 Å². The van der Waals surface area contributed by atoms with Gasteiger partial charge in [0.1, 0.15) is 23.7 Å². The Labute approximate surface area is 218 Å². The van der Waals surface area contributed by atoms with Crippen LogP contribution in [0.2, 0.25) is 0 Å². The zero-order valence-corrected chi connectivity index (χ0v) is 21.3. The van der Waals surface area contributed by atoms with Gasteiger partial charge in [0.15, 0.2) is 5.82 Å². The molecule has 3 aromatic heterocycles. The van der Waals surface area contributed by atoms with Gasteiger partial charge in [0.2, 0.25) is 5.88 Å². The number of carboxylic acid groups (broad SMARTS) is 1. The smallest absolute Gasteiger partial charge is 0.303 e. The predicted octanol–water partition coefficient (Wildman–Crippen LogP) is 6.27. The number of methoxy groups -OCH3 is 1. The maximum absolute atomic E-state index is 14.8. The Hall–Kier alpha value is -3.85. The van der Waals surface area contributed by atoms with Crippen LogP contribution >= 0.6 is 11.3 Å². The van der Waals surface area contributed by atoms with Crippen molar-refractivity contribution >= 4 is 17.3 Å². The summed E-state index contributed by atoms with van der Waals surface area (Å²) in [7, 11) is 1.48. The Morgan fingerprint density at radius 3 is 2.70 bits per heavy atom. The molecule has 0 spiro atoms. The fourth-order valence-electron chi connectivity index (χ4n) is 4.37. The molecule has 0 unspecified atom stereocenters. The van der Waals surface area contributed by atoms with Gasteiger partial charge in [0.25, 0.3) is 0 Å². The summed E-state index contributed by atoms with van der Waals surface area (Å²) < 4.78 is 26.0. The molecule has 0 amide bonds. The van der Waals surface area contributed by atoms with Crippen LogP contribution in [-0.4, -0.2) is 33.1 Å². The second kappa shape index (κ2) is 10.6. The molecule has 0 bridgehead atoms. The molecule has 9 heteroatoms. The van der Waals surface area contributed by atoms with Crippen LogP contribution in [0, 0.1) is 18.7 Å². The Kier molecular flexibility index (Phi) is 7.14. The van der Waals surface area contributed by atoms with Crippen LogP contribution < -0.4 is 9.47 Å². The number of rotatable bonds is 10. The normalized spacial score (nSPS) is 13.8. The number of hydrogen-bond acceptors (Lipinski definition) is 7. The molecule has 1 aromatic carbocycles. The monoisotopic (exact) mass is 519 g/mol. The first-order valence-electron chi connectivity index (χ1n) is 12.0. The molecule has 190 valence electrons. The van der Waals surface area contributed by atoms with Crippen molar-refractivity contribution in [3.63, 3.8) is 0 Å². The number of carboxylic acids is 1. The summed E-state index contributed by atoms with van der Waals surface area (Å²) in [6, 6.07) is 13.0. The number of ether oxygens (including phenoxy) is 2. The molecular formula is C28H26FN3O4S. The number of carbonyl (C=O) groups is 1. The molecule has 1 saturated carbocycles. The van der Waals surface area contributed by atoms with Gasteiger partial charge < -0.3 is 14.6 Å². The Morgan fingerprint density at radius 1 is 1.16 bits per heavy atom. The van der Waals surface area contributed by atoms with Gasteiger partial charge in [-0.3, -0.25) is 9.78 Å². The molecule has 1 N–H and O–H groups in total. The van der Waals surface area contributed by atoms with E-state index in [0.717, 1.165) is 34.4 Å². The molecule has 1 atom stereocenters. The van der Waals surface area contributed by atoms with Crippen LogP contribution in [0.4, 0.5) is 4.39 Å². The van der Waals surface area contributed by atoms with E-state index in [-0.39, 0.29) is 30.4 Å². The molecular weight excluding hydrogens is 493 g/mol. The van der Waals surface area contributed by atoms with Crippen LogP contribution in [-0.2, 0) is 11.4 Å². The van der Waals surface area contributed by atoms with Gasteiger partial charge in [-0.2, -0.15) is 0 Å². The van der Waals surface area contributed by atoms with E-state index in [1.54, 1.807) is 17.5 Å². The van der Waals surface area contributed by atoms with Crippen molar-refractivity contribution in [2.24, 2.45) is 5.92 Å². The van der Waals surface area contributed by atoms with E-state index in [1.165, 1.54) is 13.2 Å². The lowest BCUT2D eigenvalue weighted by molar-refractivity contribution is -0.137. The van der Waals surface area contributed by atoms with Crippen molar-refractivity contribution in [2.45, 2.75) is 38.7 Å². The van der Waals surface area contributed by atoms with Crippen molar-refractivity contribution in [1.82, 2.24) is 15.0 Å². The van der Waals surface area contributed by atoms with Crippen LogP contribution in [0.1, 0.15) is 41.3 Å². The van der Waals surface area contributed by atoms with E-state index in [9.17, 15) is 14.3 Å². The van der Waals surface area contributed by atoms with Gasteiger partial charge in [0.05, 0.1) is 36.5 Å². The van der Waals surface area contributed by atoms with Crippen LogP contribution in [0.5, 0.6) is 11.6 Å².